The van der Waals surface area contributed by atoms with Crippen molar-refractivity contribution in [3.63, 3.8) is 0 Å². The number of carbonyl (C=O) groups is 2. The quantitative estimate of drug-likeness (QED) is 0.538. The Kier molecular flexibility index (Phi) is 7.08. The average molecular weight is 426 g/mol. The van der Waals surface area contributed by atoms with Crippen LogP contribution in [-0.2, 0) is 23.1 Å². The molecule has 0 unspecified atom stereocenters. The Morgan fingerprint density at radius 1 is 1.00 bits per heavy atom. The summed E-state index contributed by atoms with van der Waals surface area (Å²) in [6.45, 7) is 1.45. The van der Waals surface area contributed by atoms with E-state index in [1.807, 2.05) is 35.9 Å². The van der Waals surface area contributed by atoms with Crippen molar-refractivity contribution in [3.05, 3.63) is 59.9 Å². The predicted octanol–water partition coefficient (Wildman–Crippen LogP) is 3.10. The van der Waals surface area contributed by atoms with Crippen LogP contribution < -0.4 is 15.4 Å². The fraction of sp³-hybridized carbons (Fsp3) is 0.238. The molecule has 0 aliphatic carbocycles. The van der Waals surface area contributed by atoms with Crippen molar-refractivity contribution >= 4 is 35.0 Å². The maximum atomic E-state index is 12.2. The van der Waals surface area contributed by atoms with Gasteiger partial charge in [-0.25, -0.2) is 0 Å². The zero-order valence-electron chi connectivity index (χ0n) is 17.0. The summed E-state index contributed by atoms with van der Waals surface area (Å²) < 4.78 is 7.07. The molecule has 8 nitrogen and oxygen atoms in total. The van der Waals surface area contributed by atoms with Gasteiger partial charge in [0.25, 0.3) is 0 Å². The highest BCUT2D eigenvalue weighted by atomic mass is 32.2. The van der Waals surface area contributed by atoms with Crippen LogP contribution in [-0.4, -0.2) is 39.4 Å². The fourth-order valence-electron chi connectivity index (χ4n) is 2.72. The number of anilines is 2. The number of amides is 2. The molecule has 0 aliphatic heterocycles. The van der Waals surface area contributed by atoms with Crippen LogP contribution in [0.4, 0.5) is 11.4 Å². The van der Waals surface area contributed by atoms with Crippen molar-refractivity contribution in [2.75, 3.05) is 23.5 Å². The summed E-state index contributed by atoms with van der Waals surface area (Å²) in [6.07, 6.45) is 0.640. The highest BCUT2D eigenvalue weighted by molar-refractivity contribution is 7.99. The molecule has 2 N–H and O–H groups in total. The van der Waals surface area contributed by atoms with E-state index in [0.717, 1.165) is 17.1 Å². The maximum Gasteiger partial charge on any atom is 0.234 e. The first-order valence-corrected chi connectivity index (χ1v) is 10.2. The van der Waals surface area contributed by atoms with E-state index in [9.17, 15) is 9.59 Å². The highest BCUT2D eigenvalue weighted by Crippen LogP contribution is 2.20. The van der Waals surface area contributed by atoms with E-state index >= 15 is 0 Å². The molecule has 0 aliphatic rings. The summed E-state index contributed by atoms with van der Waals surface area (Å²) in [5.41, 5.74) is 2.44. The van der Waals surface area contributed by atoms with Crippen molar-refractivity contribution in [1.82, 2.24) is 14.8 Å². The summed E-state index contributed by atoms with van der Waals surface area (Å²) >= 11 is 1.32. The normalized spacial score (nSPS) is 10.5. The minimum absolute atomic E-state index is 0.141. The van der Waals surface area contributed by atoms with Gasteiger partial charge >= 0.3 is 0 Å². The van der Waals surface area contributed by atoms with Crippen LogP contribution in [0.2, 0.25) is 0 Å². The molecule has 2 amide bonds. The Morgan fingerprint density at radius 3 is 2.23 bits per heavy atom. The molecule has 9 heteroatoms. The summed E-state index contributed by atoms with van der Waals surface area (Å²) in [7, 11) is 3.53. The summed E-state index contributed by atoms with van der Waals surface area (Å²) in [4.78, 5) is 23.3. The summed E-state index contributed by atoms with van der Waals surface area (Å²) in [5.74, 6) is 1.55. The minimum Gasteiger partial charge on any atom is -0.497 e. The van der Waals surface area contributed by atoms with E-state index in [0.29, 0.717) is 23.0 Å². The van der Waals surface area contributed by atoms with Gasteiger partial charge in [-0.3, -0.25) is 9.59 Å². The van der Waals surface area contributed by atoms with Crippen LogP contribution >= 0.6 is 11.8 Å². The molecule has 3 aromatic rings. The van der Waals surface area contributed by atoms with Gasteiger partial charge in [-0.2, -0.15) is 0 Å². The van der Waals surface area contributed by atoms with Crippen LogP contribution in [0.1, 0.15) is 18.3 Å². The molecule has 30 heavy (non-hydrogen) atoms. The summed E-state index contributed by atoms with van der Waals surface area (Å²) in [6, 6.07) is 14.8. The lowest BCUT2D eigenvalue weighted by Gasteiger charge is -2.07. The zero-order valence-corrected chi connectivity index (χ0v) is 17.8. The first-order chi connectivity index (χ1) is 14.4. The smallest absolute Gasteiger partial charge is 0.234 e. The molecule has 156 valence electrons. The number of methoxy groups -OCH3 is 1. The SMILES string of the molecule is COc1ccc(Cc2nnc(SCC(=O)Nc3ccc(NC(C)=O)cc3)n2C)cc1. The van der Waals surface area contributed by atoms with E-state index in [1.165, 1.54) is 18.7 Å². The van der Waals surface area contributed by atoms with Crippen molar-refractivity contribution in [1.29, 1.82) is 0 Å². The van der Waals surface area contributed by atoms with E-state index in [4.69, 9.17) is 4.74 Å². The molecule has 0 atom stereocenters. The molecule has 0 fully saturated rings. The number of hydrogen-bond acceptors (Lipinski definition) is 6. The minimum atomic E-state index is -0.146. The number of nitrogens with zero attached hydrogens (tertiary/aromatic N) is 3. The van der Waals surface area contributed by atoms with Crippen molar-refractivity contribution in [3.8, 4) is 5.75 Å². The lowest BCUT2D eigenvalue weighted by Crippen LogP contribution is -2.14. The Labute approximate surface area is 179 Å². The van der Waals surface area contributed by atoms with Crippen LogP contribution in [0, 0.1) is 0 Å². The average Bonchev–Trinajstić information content (AvgIpc) is 3.07. The largest absolute Gasteiger partial charge is 0.497 e. The molecule has 2 aromatic carbocycles. The molecule has 0 spiro atoms. The second-order valence-corrected chi connectivity index (χ2v) is 7.52. The number of benzene rings is 2. The molecule has 0 bridgehead atoms. The third-order valence-electron chi connectivity index (χ3n) is 4.27. The molecular weight excluding hydrogens is 402 g/mol. The van der Waals surface area contributed by atoms with Gasteiger partial charge < -0.3 is 19.9 Å². The summed E-state index contributed by atoms with van der Waals surface area (Å²) in [5, 5.41) is 14.6. The van der Waals surface area contributed by atoms with Gasteiger partial charge in [-0.1, -0.05) is 23.9 Å². The lowest BCUT2D eigenvalue weighted by atomic mass is 10.1. The number of aromatic nitrogens is 3. The van der Waals surface area contributed by atoms with Gasteiger partial charge in [0.05, 0.1) is 12.9 Å². The number of rotatable bonds is 8. The molecule has 1 heterocycles. The third-order valence-corrected chi connectivity index (χ3v) is 5.29. The van der Waals surface area contributed by atoms with E-state index < -0.39 is 0 Å². The standard InChI is InChI=1S/C21H23N5O3S/c1-14(27)22-16-6-8-17(9-7-16)23-20(28)13-30-21-25-24-19(26(21)2)12-15-4-10-18(29-3)11-5-15/h4-11H,12-13H2,1-3H3,(H,22,27)(H,23,28). The van der Waals surface area contributed by atoms with Crippen molar-refractivity contribution in [2.24, 2.45) is 7.05 Å². The van der Waals surface area contributed by atoms with Crippen LogP contribution in [0.3, 0.4) is 0 Å². The molecule has 1 aromatic heterocycles. The van der Waals surface area contributed by atoms with Crippen LogP contribution in [0.5, 0.6) is 5.75 Å². The molecule has 0 radical (unpaired) electrons. The molecule has 0 saturated heterocycles. The van der Waals surface area contributed by atoms with Gasteiger partial charge in [-0.15, -0.1) is 10.2 Å². The van der Waals surface area contributed by atoms with E-state index in [1.54, 1.807) is 31.4 Å². The number of thioether (sulfide) groups is 1. The second-order valence-electron chi connectivity index (χ2n) is 6.58. The zero-order chi connectivity index (χ0) is 21.5. The fourth-order valence-corrected chi connectivity index (χ4v) is 3.45. The number of ether oxygens (including phenoxy) is 1. The van der Waals surface area contributed by atoms with Gasteiger partial charge in [-0.05, 0) is 42.0 Å². The monoisotopic (exact) mass is 425 g/mol. The van der Waals surface area contributed by atoms with Gasteiger partial charge in [0.2, 0.25) is 11.8 Å². The number of carbonyl (C=O) groups excluding carboxylic acids is 2. The highest BCUT2D eigenvalue weighted by Gasteiger charge is 2.12. The Morgan fingerprint density at radius 2 is 1.63 bits per heavy atom. The molecule has 0 saturated carbocycles. The number of hydrogen-bond donors (Lipinski definition) is 2. The lowest BCUT2D eigenvalue weighted by molar-refractivity contribution is -0.114. The first-order valence-electron chi connectivity index (χ1n) is 9.26. The van der Waals surface area contributed by atoms with Crippen molar-refractivity contribution in [2.45, 2.75) is 18.5 Å². The van der Waals surface area contributed by atoms with Crippen molar-refractivity contribution < 1.29 is 14.3 Å². The topological polar surface area (TPSA) is 98.1 Å². The Hall–Kier alpha value is -3.33. The maximum absolute atomic E-state index is 12.2. The Bertz CT molecular complexity index is 1020. The van der Waals surface area contributed by atoms with Gasteiger partial charge in [0.1, 0.15) is 11.6 Å². The molecule has 3 rings (SSSR count). The predicted molar refractivity (Wildman–Crippen MR) is 117 cm³/mol. The second kappa shape index (κ2) is 9.93. The number of nitrogens with one attached hydrogen (secondary N) is 2. The first kappa shape index (κ1) is 21.4. The van der Waals surface area contributed by atoms with Crippen LogP contribution in [0.25, 0.3) is 0 Å². The van der Waals surface area contributed by atoms with E-state index in [2.05, 4.69) is 20.8 Å². The molecular formula is C21H23N5O3S. The van der Waals surface area contributed by atoms with Gasteiger partial charge in [0, 0.05) is 31.8 Å². The van der Waals surface area contributed by atoms with E-state index in [-0.39, 0.29) is 17.6 Å². The third kappa shape index (κ3) is 5.84. The Balaban J connectivity index is 1.52. The van der Waals surface area contributed by atoms with Crippen LogP contribution in [0.15, 0.2) is 53.7 Å². The van der Waals surface area contributed by atoms with Gasteiger partial charge in [0.15, 0.2) is 5.16 Å².